The molecule has 2 N–H and O–H groups in total. The van der Waals surface area contributed by atoms with E-state index in [9.17, 15) is 5.11 Å². The van der Waals surface area contributed by atoms with Crippen molar-refractivity contribution in [3.05, 3.63) is 29.3 Å². The molecule has 0 amide bonds. The summed E-state index contributed by atoms with van der Waals surface area (Å²) in [6.45, 7) is 2.80. The van der Waals surface area contributed by atoms with E-state index in [1.165, 1.54) is 36.8 Å². The van der Waals surface area contributed by atoms with Gasteiger partial charge < -0.3 is 9.84 Å². The number of aliphatic hydroxyl groups is 1. The van der Waals surface area contributed by atoms with Gasteiger partial charge in [0, 0.05) is 0 Å². The molecule has 2 aliphatic carbocycles. The van der Waals surface area contributed by atoms with Gasteiger partial charge in [0.2, 0.25) is 0 Å². The van der Waals surface area contributed by atoms with Crippen LogP contribution in [0.4, 0.5) is 0 Å². The maximum atomic E-state index is 9.74. The minimum atomic E-state index is -0.348. The van der Waals surface area contributed by atoms with Crippen LogP contribution >= 0.6 is 0 Å². The number of ether oxygens (including phenoxy) is 1. The third kappa shape index (κ3) is 3.16. The third-order valence-corrected chi connectivity index (χ3v) is 5.72. The first-order valence-electron chi connectivity index (χ1n) is 8.81. The van der Waals surface area contributed by atoms with Gasteiger partial charge in [-0.1, -0.05) is 12.1 Å². The van der Waals surface area contributed by atoms with Crippen LogP contribution in [0.15, 0.2) is 18.2 Å². The molecule has 1 aromatic carbocycles. The summed E-state index contributed by atoms with van der Waals surface area (Å²) in [7, 11) is 1.83. The van der Waals surface area contributed by atoms with E-state index in [-0.39, 0.29) is 6.23 Å². The van der Waals surface area contributed by atoms with E-state index in [0.717, 1.165) is 43.0 Å². The van der Waals surface area contributed by atoms with Gasteiger partial charge in [0.05, 0.1) is 6.61 Å². The van der Waals surface area contributed by atoms with Gasteiger partial charge in [-0.15, -0.1) is 0 Å². The van der Waals surface area contributed by atoms with Gasteiger partial charge in [0.1, 0.15) is 12.0 Å². The van der Waals surface area contributed by atoms with Crippen LogP contribution < -0.4 is 10.1 Å². The number of benzene rings is 1. The molecule has 0 aromatic heterocycles. The van der Waals surface area contributed by atoms with Crippen LogP contribution in [0, 0.1) is 17.8 Å². The largest absolute Gasteiger partial charge is 0.494 e. The van der Waals surface area contributed by atoms with E-state index in [1.807, 2.05) is 7.05 Å². The molecule has 1 fully saturated rings. The molecule has 0 heterocycles. The monoisotopic (exact) mass is 303 g/mol. The van der Waals surface area contributed by atoms with Crippen molar-refractivity contribution in [3.8, 4) is 5.75 Å². The highest BCUT2D eigenvalue weighted by Gasteiger charge is 2.39. The lowest BCUT2D eigenvalue weighted by atomic mass is 9.74. The quantitative estimate of drug-likeness (QED) is 0.793. The molecule has 1 aromatic rings. The number of fused-ring (bicyclic) bond motifs is 2. The van der Waals surface area contributed by atoms with Crippen LogP contribution in [0.3, 0.4) is 0 Å². The summed E-state index contributed by atoms with van der Waals surface area (Å²) in [5.41, 5.74) is 2.95. The minimum Gasteiger partial charge on any atom is -0.494 e. The molecule has 0 spiro atoms. The van der Waals surface area contributed by atoms with Crippen LogP contribution in [-0.2, 0) is 12.8 Å². The SMILES string of the molecule is CCOc1cccc2c1CC1CCC(CCC(O)NC)C1C2. The molecule has 2 aliphatic rings. The van der Waals surface area contributed by atoms with Crippen molar-refractivity contribution >= 4 is 0 Å². The summed E-state index contributed by atoms with van der Waals surface area (Å²) >= 11 is 0. The molecule has 22 heavy (non-hydrogen) atoms. The van der Waals surface area contributed by atoms with Crippen molar-refractivity contribution in [1.82, 2.24) is 5.32 Å². The molecule has 0 bridgehead atoms. The molecular weight excluding hydrogens is 274 g/mol. The van der Waals surface area contributed by atoms with Crippen molar-refractivity contribution in [2.45, 2.75) is 51.7 Å². The Bertz CT molecular complexity index is 502. The minimum absolute atomic E-state index is 0.348. The number of hydrogen-bond donors (Lipinski definition) is 2. The topological polar surface area (TPSA) is 41.5 Å². The maximum absolute atomic E-state index is 9.74. The molecule has 0 saturated heterocycles. The van der Waals surface area contributed by atoms with E-state index in [0.29, 0.717) is 0 Å². The highest BCUT2D eigenvalue weighted by atomic mass is 16.5. The highest BCUT2D eigenvalue weighted by molar-refractivity contribution is 5.42. The average Bonchev–Trinajstić information content (AvgIpc) is 2.93. The van der Waals surface area contributed by atoms with E-state index in [4.69, 9.17) is 4.74 Å². The standard InChI is InChI=1S/C19H29NO2/c1-3-22-18-6-4-5-14-11-16-13(9-10-19(21)20-2)7-8-15(16)12-17(14)18/h4-6,13,15-16,19-21H,3,7-12H2,1-2H3. The normalized spacial score (nSPS) is 28.0. The zero-order valence-electron chi connectivity index (χ0n) is 13.8. The molecule has 122 valence electrons. The van der Waals surface area contributed by atoms with E-state index in [1.54, 1.807) is 0 Å². The lowest BCUT2D eigenvalue weighted by molar-refractivity contribution is 0.122. The number of aliphatic hydroxyl groups excluding tert-OH is 1. The summed E-state index contributed by atoms with van der Waals surface area (Å²) in [6, 6.07) is 6.54. The van der Waals surface area contributed by atoms with Gasteiger partial charge in [-0.25, -0.2) is 0 Å². The van der Waals surface area contributed by atoms with Crippen molar-refractivity contribution in [3.63, 3.8) is 0 Å². The van der Waals surface area contributed by atoms with Gasteiger partial charge >= 0.3 is 0 Å². The molecular formula is C19H29NO2. The van der Waals surface area contributed by atoms with Gasteiger partial charge in [-0.3, -0.25) is 5.32 Å². The van der Waals surface area contributed by atoms with Crippen molar-refractivity contribution in [2.75, 3.05) is 13.7 Å². The first kappa shape index (κ1) is 15.8. The molecule has 0 radical (unpaired) electrons. The summed E-state index contributed by atoms with van der Waals surface area (Å²) in [5, 5.41) is 12.7. The Balaban J connectivity index is 1.71. The zero-order chi connectivity index (χ0) is 15.5. The fraction of sp³-hybridized carbons (Fsp3) is 0.684. The lowest BCUT2D eigenvalue weighted by Gasteiger charge is -2.32. The van der Waals surface area contributed by atoms with Crippen LogP contribution in [0.25, 0.3) is 0 Å². The second-order valence-corrected chi connectivity index (χ2v) is 6.88. The van der Waals surface area contributed by atoms with Crippen LogP contribution in [0.1, 0.15) is 43.7 Å². The third-order valence-electron chi connectivity index (χ3n) is 5.72. The average molecular weight is 303 g/mol. The predicted octanol–water partition coefficient (Wildman–Crippen LogP) is 3.14. The zero-order valence-corrected chi connectivity index (χ0v) is 13.8. The van der Waals surface area contributed by atoms with Gasteiger partial charge in [0.15, 0.2) is 0 Å². The van der Waals surface area contributed by atoms with E-state index >= 15 is 0 Å². The molecule has 3 nitrogen and oxygen atoms in total. The second kappa shape index (κ2) is 7.01. The van der Waals surface area contributed by atoms with Gasteiger partial charge in [0.25, 0.3) is 0 Å². The fourth-order valence-electron chi connectivity index (χ4n) is 4.54. The molecule has 4 unspecified atom stereocenters. The van der Waals surface area contributed by atoms with Gasteiger partial charge in [-0.05, 0) is 87.4 Å². The Morgan fingerprint density at radius 2 is 2.18 bits per heavy atom. The molecule has 3 heteroatoms. The summed E-state index contributed by atoms with van der Waals surface area (Å²) < 4.78 is 5.83. The predicted molar refractivity (Wildman–Crippen MR) is 89.0 cm³/mol. The van der Waals surface area contributed by atoms with Gasteiger partial charge in [-0.2, -0.15) is 0 Å². The Morgan fingerprint density at radius 1 is 1.32 bits per heavy atom. The molecule has 1 saturated carbocycles. The number of nitrogens with one attached hydrogen (secondary N) is 1. The fourth-order valence-corrected chi connectivity index (χ4v) is 4.54. The van der Waals surface area contributed by atoms with Crippen molar-refractivity contribution in [1.29, 1.82) is 0 Å². The molecule has 0 aliphatic heterocycles. The maximum Gasteiger partial charge on any atom is 0.122 e. The van der Waals surface area contributed by atoms with E-state index < -0.39 is 0 Å². The van der Waals surface area contributed by atoms with Crippen LogP contribution in [-0.4, -0.2) is 25.0 Å². The van der Waals surface area contributed by atoms with Crippen molar-refractivity contribution in [2.24, 2.45) is 17.8 Å². The number of rotatable bonds is 6. The summed E-state index contributed by atoms with van der Waals surface area (Å²) in [6.07, 6.45) is 6.70. The smallest absolute Gasteiger partial charge is 0.122 e. The van der Waals surface area contributed by atoms with Crippen LogP contribution in [0.2, 0.25) is 0 Å². The molecule has 3 rings (SSSR count). The van der Waals surface area contributed by atoms with Crippen molar-refractivity contribution < 1.29 is 9.84 Å². The van der Waals surface area contributed by atoms with Crippen LogP contribution in [0.5, 0.6) is 5.75 Å². The Kier molecular flexibility index (Phi) is 5.04. The van der Waals surface area contributed by atoms with E-state index in [2.05, 4.69) is 30.4 Å². The summed E-state index contributed by atoms with van der Waals surface area (Å²) in [5.74, 6) is 3.49. The Morgan fingerprint density at radius 3 is 2.95 bits per heavy atom. The first-order valence-corrected chi connectivity index (χ1v) is 8.81. The molecule has 4 atom stereocenters. The first-order chi connectivity index (χ1) is 10.7. The second-order valence-electron chi connectivity index (χ2n) is 6.88. The highest BCUT2D eigenvalue weighted by Crippen LogP contribution is 2.48. The summed E-state index contributed by atoms with van der Waals surface area (Å²) in [4.78, 5) is 0. The Labute approximate surface area is 134 Å². The lowest BCUT2D eigenvalue weighted by Crippen LogP contribution is -2.28. The number of hydrogen-bond acceptors (Lipinski definition) is 3. The Hall–Kier alpha value is -1.06.